The smallest absolute Gasteiger partial charge is 0.227 e. The van der Waals surface area contributed by atoms with Crippen LogP contribution in [0.4, 0.5) is 0 Å². The summed E-state index contributed by atoms with van der Waals surface area (Å²) in [6.07, 6.45) is 5.76. The van der Waals surface area contributed by atoms with E-state index in [9.17, 15) is 4.79 Å². The van der Waals surface area contributed by atoms with E-state index in [0.29, 0.717) is 6.04 Å². The summed E-state index contributed by atoms with van der Waals surface area (Å²) < 4.78 is 5.59. The average molecular weight is 316 g/mol. The first-order valence-corrected chi connectivity index (χ1v) is 8.88. The Bertz CT molecular complexity index is 552. The van der Waals surface area contributed by atoms with Crippen molar-refractivity contribution in [1.29, 1.82) is 0 Å². The number of hydrogen-bond donors (Lipinski definition) is 1. The van der Waals surface area contributed by atoms with Crippen molar-refractivity contribution in [2.75, 3.05) is 20.2 Å². The lowest BCUT2D eigenvalue weighted by atomic mass is 10.0. The van der Waals surface area contributed by atoms with Gasteiger partial charge >= 0.3 is 0 Å². The van der Waals surface area contributed by atoms with Gasteiger partial charge in [-0.25, -0.2) is 0 Å². The molecule has 1 saturated carbocycles. The maximum atomic E-state index is 12.9. The summed E-state index contributed by atoms with van der Waals surface area (Å²) in [5.74, 6) is 1.32. The molecule has 1 N–H and O–H groups in total. The van der Waals surface area contributed by atoms with Gasteiger partial charge in [-0.2, -0.15) is 0 Å². The maximum absolute atomic E-state index is 12.9. The number of hydrogen-bond acceptors (Lipinski definition) is 3. The minimum atomic E-state index is 0.0263. The molecule has 0 bridgehead atoms. The van der Waals surface area contributed by atoms with Crippen molar-refractivity contribution < 1.29 is 9.53 Å². The number of nitrogens with one attached hydrogen (secondary N) is 1. The molecule has 0 spiro atoms. The van der Waals surface area contributed by atoms with Gasteiger partial charge in [-0.15, -0.1) is 0 Å². The third-order valence-electron chi connectivity index (χ3n) is 5.09. The second kappa shape index (κ2) is 7.35. The molecule has 1 fully saturated rings. The number of rotatable bonds is 6. The maximum Gasteiger partial charge on any atom is 0.227 e. The molecule has 126 valence electrons. The minimum absolute atomic E-state index is 0.0263. The molecule has 1 amide bonds. The van der Waals surface area contributed by atoms with E-state index in [0.717, 1.165) is 44.7 Å². The number of nitrogens with zero attached hydrogens (tertiary/aromatic N) is 1. The summed E-state index contributed by atoms with van der Waals surface area (Å²) in [7, 11) is 1.91. The Labute approximate surface area is 139 Å². The van der Waals surface area contributed by atoms with Gasteiger partial charge in [0.2, 0.25) is 5.91 Å². The molecule has 1 unspecified atom stereocenters. The molecule has 0 aromatic heterocycles. The number of carbonyl (C=O) groups is 1. The summed E-state index contributed by atoms with van der Waals surface area (Å²) in [5.41, 5.74) is 2.51. The Morgan fingerprint density at radius 1 is 1.39 bits per heavy atom. The normalized spacial score (nSPS) is 18.5. The van der Waals surface area contributed by atoms with Gasteiger partial charge in [-0.05, 0) is 37.1 Å². The van der Waals surface area contributed by atoms with Crippen LogP contribution in [0.15, 0.2) is 18.2 Å². The summed E-state index contributed by atoms with van der Waals surface area (Å²) in [5, 5.41) is 3.13. The highest BCUT2D eigenvalue weighted by Gasteiger charge is 2.29. The lowest BCUT2D eigenvalue weighted by Crippen LogP contribution is -2.43. The molecular formula is C19H28N2O2. The number of fused-ring (bicyclic) bond motifs is 1. The average Bonchev–Trinajstić information content (AvgIpc) is 3.23. The number of ether oxygens (including phenoxy) is 1. The molecule has 1 heterocycles. The highest BCUT2D eigenvalue weighted by atomic mass is 16.5. The van der Waals surface area contributed by atoms with Crippen LogP contribution in [0.25, 0.3) is 0 Å². The zero-order valence-corrected chi connectivity index (χ0v) is 14.3. The van der Waals surface area contributed by atoms with Gasteiger partial charge in [0.15, 0.2) is 0 Å². The molecule has 3 rings (SSSR count). The van der Waals surface area contributed by atoms with E-state index < -0.39 is 0 Å². The van der Waals surface area contributed by atoms with Crippen molar-refractivity contribution in [3.05, 3.63) is 29.3 Å². The molecule has 23 heavy (non-hydrogen) atoms. The number of benzene rings is 1. The molecule has 0 radical (unpaired) electrons. The Morgan fingerprint density at radius 2 is 2.17 bits per heavy atom. The fraction of sp³-hybridized carbons (Fsp3) is 0.632. The van der Waals surface area contributed by atoms with Crippen molar-refractivity contribution in [2.45, 2.75) is 51.6 Å². The van der Waals surface area contributed by atoms with Crippen LogP contribution in [0.3, 0.4) is 0 Å². The van der Waals surface area contributed by atoms with Crippen LogP contribution >= 0.6 is 0 Å². The van der Waals surface area contributed by atoms with Gasteiger partial charge in [0.1, 0.15) is 5.75 Å². The fourth-order valence-corrected chi connectivity index (χ4v) is 3.81. The third kappa shape index (κ3) is 3.69. The zero-order chi connectivity index (χ0) is 16.2. The predicted molar refractivity (Wildman–Crippen MR) is 91.5 cm³/mol. The minimum Gasteiger partial charge on any atom is -0.493 e. The Hall–Kier alpha value is -1.55. The van der Waals surface area contributed by atoms with Crippen molar-refractivity contribution in [3.8, 4) is 5.75 Å². The second-order valence-electron chi connectivity index (χ2n) is 6.90. The second-order valence-corrected chi connectivity index (χ2v) is 6.90. The van der Waals surface area contributed by atoms with Gasteiger partial charge in [-0.1, -0.05) is 31.9 Å². The van der Waals surface area contributed by atoms with Gasteiger partial charge in [-0.3, -0.25) is 4.79 Å². The molecule has 4 heteroatoms. The van der Waals surface area contributed by atoms with E-state index in [1.165, 1.54) is 24.0 Å². The van der Waals surface area contributed by atoms with E-state index in [1.807, 2.05) is 14.0 Å². The molecule has 4 nitrogen and oxygen atoms in total. The highest BCUT2D eigenvalue weighted by molar-refractivity contribution is 5.79. The topological polar surface area (TPSA) is 41.6 Å². The van der Waals surface area contributed by atoms with Crippen molar-refractivity contribution in [2.24, 2.45) is 5.92 Å². The van der Waals surface area contributed by atoms with Crippen LogP contribution in [0.2, 0.25) is 0 Å². The van der Waals surface area contributed by atoms with Crippen molar-refractivity contribution in [3.63, 3.8) is 0 Å². The first-order valence-electron chi connectivity index (χ1n) is 8.88. The zero-order valence-electron chi connectivity index (χ0n) is 14.3. The molecule has 1 aromatic rings. The monoisotopic (exact) mass is 316 g/mol. The van der Waals surface area contributed by atoms with Crippen LogP contribution in [0.1, 0.15) is 43.7 Å². The van der Waals surface area contributed by atoms with Gasteiger partial charge in [0.25, 0.3) is 0 Å². The number of amides is 1. The predicted octanol–water partition coefficient (Wildman–Crippen LogP) is 2.75. The van der Waals surface area contributed by atoms with E-state index >= 15 is 0 Å². The standard InChI is InChI=1S/C19H28N2O2/c1-14(12-20-2)19(22)21(17-5-3-4-6-17)13-15-7-8-18-16(11-15)9-10-23-18/h7-8,11,14,17,20H,3-6,9-10,12-13H2,1-2H3. The van der Waals surface area contributed by atoms with Crippen LogP contribution in [0, 0.1) is 5.92 Å². The highest BCUT2D eigenvalue weighted by Crippen LogP contribution is 2.29. The molecule has 1 aromatic carbocycles. The van der Waals surface area contributed by atoms with Crippen LogP contribution in [-0.2, 0) is 17.8 Å². The van der Waals surface area contributed by atoms with Crippen molar-refractivity contribution in [1.82, 2.24) is 10.2 Å². The SMILES string of the molecule is CNCC(C)C(=O)N(Cc1ccc2c(c1)CCO2)C1CCCC1. The molecular weight excluding hydrogens is 288 g/mol. The summed E-state index contributed by atoms with van der Waals surface area (Å²) in [6.45, 7) is 4.27. The van der Waals surface area contributed by atoms with E-state index in [1.54, 1.807) is 0 Å². The fourth-order valence-electron chi connectivity index (χ4n) is 3.81. The van der Waals surface area contributed by atoms with Crippen LogP contribution in [-0.4, -0.2) is 37.0 Å². The van der Waals surface area contributed by atoms with Crippen LogP contribution in [0.5, 0.6) is 5.75 Å². The molecule has 1 atom stereocenters. The largest absolute Gasteiger partial charge is 0.493 e. The Morgan fingerprint density at radius 3 is 2.91 bits per heavy atom. The lowest BCUT2D eigenvalue weighted by molar-refractivity contribution is -0.137. The number of carbonyl (C=O) groups excluding carboxylic acids is 1. The Balaban J connectivity index is 1.76. The van der Waals surface area contributed by atoms with E-state index in [2.05, 4.69) is 28.4 Å². The van der Waals surface area contributed by atoms with E-state index in [4.69, 9.17) is 4.74 Å². The third-order valence-corrected chi connectivity index (χ3v) is 5.09. The summed E-state index contributed by atoms with van der Waals surface area (Å²) in [6, 6.07) is 6.81. The lowest BCUT2D eigenvalue weighted by Gasteiger charge is -2.31. The molecule has 0 saturated heterocycles. The quantitative estimate of drug-likeness (QED) is 0.877. The van der Waals surface area contributed by atoms with Crippen LogP contribution < -0.4 is 10.1 Å². The molecule has 1 aliphatic heterocycles. The molecule has 1 aliphatic carbocycles. The summed E-state index contributed by atoms with van der Waals surface area (Å²) >= 11 is 0. The first-order chi connectivity index (χ1) is 11.2. The van der Waals surface area contributed by atoms with Gasteiger partial charge in [0.05, 0.1) is 6.61 Å². The Kier molecular flexibility index (Phi) is 5.21. The van der Waals surface area contributed by atoms with Crippen molar-refractivity contribution >= 4 is 5.91 Å². The van der Waals surface area contributed by atoms with Gasteiger partial charge in [0, 0.05) is 31.5 Å². The summed E-state index contributed by atoms with van der Waals surface area (Å²) in [4.78, 5) is 15.1. The van der Waals surface area contributed by atoms with Gasteiger partial charge < -0.3 is 15.0 Å². The first kappa shape index (κ1) is 16.3. The molecule has 2 aliphatic rings. The van der Waals surface area contributed by atoms with E-state index in [-0.39, 0.29) is 11.8 Å².